The van der Waals surface area contributed by atoms with E-state index >= 15 is 0 Å². The van der Waals surface area contributed by atoms with Crippen molar-refractivity contribution < 1.29 is 18.0 Å². The Hall–Kier alpha value is -3.85. The number of nitrogens with one attached hydrogen (secondary N) is 1. The highest BCUT2D eigenvalue weighted by molar-refractivity contribution is 7.92. The number of halogens is 2. The van der Waals surface area contributed by atoms with Crippen molar-refractivity contribution in [2.45, 2.75) is 30.8 Å². The molecule has 4 aromatic carbocycles. The molecule has 4 aromatic rings. The lowest BCUT2D eigenvalue weighted by atomic mass is 10.0. The maximum Gasteiger partial charge on any atom is 0.264 e. The smallest absolute Gasteiger partial charge is 0.264 e. The van der Waals surface area contributed by atoms with Gasteiger partial charge >= 0.3 is 0 Å². The van der Waals surface area contributed by atoms with Crippen LogP contribution in [0.4, 0.5) is 5.69 Å². The van der Waals surface area contributed by atoms with Gasteiger partial charge in [0.25, 0.3) is 10.0 Å². The molecule has 1 atom stereocenters. The van der Waals surface area contributed by atoms with Gasteiger partial charge in [-0.25, -0.2) is 8.42 Å². The van der Waals surface area contributed by atoms with Gasteiger partial charge in [-0.2, -0.15) is 0 Å². The third kappa shape index (κ3) is 7.31. The van der Waals surface area contributed by atoms with Crippen LogP contribution in [0, 0.1) is 6.92 Å². The number of rotatable bonds is 11. The second kappa shape index (κ2) is 13.9. The molecule has 0 saturated heterocycles. The molecule has 0 spiro atoms. The Morgan fingerprint density at radius 3 is 2.02 bits per heavy atom. The van der Waals surface area contributed by atoms with Gasteiger partial charge in [-0.05, 0) is 54.4 Å². The van der Waals surface area contributed by atoms with Gasteiger partial charge < -0.3 is 10.2 Å². The number of benzene rings is 4. The number of hydrogen-bond donors (Lipinski definition) is 1. The summed E-state index contributed by atoms with van der Waals surface area (Å²) in [6.07, 6.45) is 0.185. The molecule has 0 bridgehead atoms. The van der Waals surface area contributed by atoms with Crippen molar-refractivity contribution in [3.63, 3.8) is 0 Å². The van der Waals surface area contributed by atoms with E-state index in [2.05, 4.69) is 5.32 Å². The molecule has 0 saturated carbocycles. The highest BCUT2D eigenvalue weighted by atomic mass is 35.5. The zero-order valence-electron chi connectivity index (χ0n) is 23.2. The summed E-state index contributed by atoms with van der Waals surface area (Å²) in [7, 11) is -2.68. The highest BCUT2D eigenvalue weighted by Gasteiger charge is 2.35. The van der Waals surface area contributed by atoms with Crippen LogP contribution in [0.25, 0.3) is 0 Å². The summed E-state index contributed by atoms with van der Waals surface area (Å²) in [6, 6.07) is 28.1. The molecule has 0 fully saturated rings. The van der Waals surface area contributed by atoms with Crippen LogP contribution in [0.3, 0.4) is 0 Å². The molecular formula is C32H31Cl2N3O4S. The first-order valence-electron chi connectivity index (χ1n) is 13.2. The standard InChI is InChI=1S/C32H31Cl2N3O4S/c1-23-11-9-14-25(19-23)37(42(40,41)26-15-7-4-8-16-26)22-31(38)36(21-27-28(33)17-10-18-29(27)34)30(32(39)35-2)20-24-12-5-3-6-13-24/h3-19,30H,20-22H2,1-2H3,(H,35,39). The third-order valence-electron chi connectivity index (χ3n) is 6.81. The molecule has 7 nitrogen and oxygen atoms in total. The van der Waals surface area contributed by atoms with Crippen molar-refractivity contribution in [2.75, 3.05) is 17.9 Å². The third-order valence-corrected chi connectivity index (χ3v) is 9.30. The minimum Gasteiger partial charge on any atom is -0.357 e. The molecular weight excluding hydrogens is 593 g/mol. The van der Waals surface area contributed by atoms with Crippen LogP contribution in [-0.2, 0) is 32.6 Å². The average molecular weight is 625 g/mol. The Kier molecular flexibility index (Phi) is 10.3. The molecule has 4 rings (SSSR count). The number of sulfonamides is 1. The lowest BCUT2D eigenvalue weighted by molar-refractivity contribution is -0.139. The van der Waals surface area contributed by atoms with Gasteiger partial charge in [0.05, 0.1) is 10.6 Å². The second-order valence-corrected chi connectivity index (χ2v) is 12.4. The van der Waals surface area contributed by atoms with Crippen LogP contribution in [0.2, 0.25) is 10.0 Å². The molecule has 0 aliphatic carbocycles. The van der Waals surface area contributed by atoms with Gasteiger partial charge in [-0.3, -0.25) is 13.9 Å². The van der Waals surface area contributed by atoms with Crippen molar-refractivity contribution in [3.8, 4) is 0 Å². The summed E-state index contributed by atoms with van der Waals surface area (Å²) >= 11 is 13.0. The van der Waals surface area contributed by atoms with Crippen LogP contribution in [0.5, 0.6) is 0 Å². The monoisotopic (exact) mass is 623 g/mol. The fourth-order valence-electron chi connectivity index (χ4n) is 4.61. The molecule has 0 heterocycles. The van der Waals surface area contributed by atoms with Crippen LogP contribution in [0.15, 0.2) is 108 Å². The van der Waals surface area contributed by atoms with E-state index in [1.165, 1.54) is 24.1 Å². The molecule has 218 valence electrons. The number of hydrogen-bond acceptors (Lipinski definition) is 4. The molecule has 1 N–H and O–H groups in total. The average Bonchev–Trinajstić information content (AvgIpc) is 2.99. The fourth-order valence-corrected chi connectivity index (χ4v) is 6.55. The Balaban J connectivity index is 1.82. The van der Waals surface area contributed by atoms with Gasteiger partial charge in [-0.1, -0.05) is 89.9 Å². The number of aryl methyl sites for hydroxylation is 1. The number of likely N-dealkylation sites (N-methyl/N-ethyl adjacent to an activating group) is 1. The van der Waals surface area contributed by atoms with E-state index in [1.807, 2.05) is 43.3 Å². The summed E-state index contributed by atoms with van der Waals surface area (Å²) in [5, 5.41) is 3.30. The van der Waals surface area contributed by atoms with Crippen molar-refractivity contribution in [1.82, 2.24) is 10.2 Å². The number of nitrogens with zero attached hydrogens (tertiary/aromatic N) is 2. The van der Waals surface area contributed by atoms with Crippen molar-refractivity contribution in [2.24, 2.45) is 0 Å². The molecule has 0 aliphatic rings. The minimum atomic E-state index is -4.17. The van der Waals surface area contributed by atoms with E-state index in [4.69, 9.17) is 23.2 Å². The Bertz CT molecular complexity index is 1630. The maximum atomic E-state index is 14.3. The van der Waals surface area contributed by atoms with Gasteiger partial charge in [0.2, 0.25) is 11.8 Å². The zero-order valence-corrected chi connectivity index (χ0v) is 25.5. The first-order valence-corrected chi connectivity index (χ1v) is 15.4. The number of carbonyl (C=O) groups is 2. The van der Waals surface area contributed by atoms with Crippen molar-refractivity contribution in [3.05, 3.63) is 130 Å². The maximum absolute atomic E-state index is 14.3. The Morgan fingerprint density at radius 1 is 0.833 bits per heavy atom. The second-order valence-electron chi connectivity index (χ2n) is 9.71. The summed E-state index contributed by atoms with van der Waals surface area (Å²) < 4.78 is 29.0. The highest BCUT2D eigenvalue weighted by Crippen LogP contribution is 2.29. The van der Waals surface area contributed by atoms with Gasteiger partial charge in [0.15, 0.2) is 0 Å². The topological polar surface area (TPSA) is 86.8 Å². The lowest BCUT2D eigenvalue weighted by Crippen LogP contribution is -2.53. The van der Waals surface area contributed by atoms with Gasteiger partial charge in [-0.15, -0.1) is 0 Å². The van der Waals surface area contributed by atoms with E-state index in [1.54, 1.807) is 54.6 Å². The van der Waals surface area contributed by atoms with E-state index < -0.39 is 34.4 Å². The summed E-state index contributed by atoms with van der Waals surface area (Å²) in [4.78, 5) is 29.0. The van der Waals surface area contributed by atoms with Crippen LogP contribution in [-0.4, -0.2) is 44.8 Å². The van der Waals surface area contributed by atoms with E-state index in [0.29, 0.717) is 21.3 Å². The van der Waals surface area contributed by atoms with Crippen LogP contribution < -0.4 is 9.62 Å². The van der Waals surface area contributed by atoms with Crippen molar-refractivity contribution >= 4 is 50.7 Å². The molecule has 2 amide bonds. The quantitative estimate of drug-likeness (QED) is 0.226. The normalized spacial score (nSPS) is 11.9. The van der Waals surface area contributed by atoms with Gasteiger partial charge in [0, 0.05) is 35.6 Å². The van der Waals surface area contributed by atoms with Crippen molar-refractivity contribution in [1.29, 1.82) is 0 Å². The molecule has 42 heavy (non-hydrogen) atoms. The lowest BCUT2D eigenvalue weighted by Gasteiger charge is -2.34. The summed E-state index contributed by atoms with van der Waals surface area (Å²) in [5.74, 6) is -1.01. The largest absolute Gasteiger partial charge is 0.357 e. The predicted octanol–water partition coefficient (Wildman–Crippen LogP) is 5.88. The minimum absolute atomic E-state index is 0.0344. The zero-order chi connectivity index (χ0) is 30.3. The first kappa shape index (κ1) is 31.1. The number of carbonyl (C=O) groups excluding carboxylic acids is 2. The SMILES string of the molecule is CNC(=O)C(Cc1ccccc1)N(Cc1c(Cl)cccc1Cl)C(=O)CN(c1cccc(C)c1)S(=O)(=O)c1ccccc1. The van der Waals surface area contributed by atoms with E-state index in [9.17, 15) is 18.0 Å². The molecule has 1 unspecified atom stereocenters. The first-order chi connectivity index (χ1) is 20.1. The molecule has 0 aromatic heterocycles. The molecule has 0 radical (unpaired) electrons. The van der Waals surface area contributed by atoms with E-state index in [0.717, 1.165) is 15.4 Å². The summed E-state index contributed by atoms with van der Waals surface area (Å²) in [5.41, 5.74) is 2.41. The van der Waals surface area contributed by atoms with E-state index in [-0.39, 0.29) is 17.9 Å². The van der Waals surface area contributed by atoms with Crippen LogP contribution in [0.1, 0.15) is 16.7 Å². The number of anilines is 1. The Morgan fingerprint density at radius 2 is 1.43 bits per heavy atom. The fraction of sp³-hybridized carbons (Fsp3) is 0.188. The predicted molar refractivity (Wildman–Crippen MR) is 167 cm³/mol. The van der Waals surface area contributed by atoms with Crippen LogP contribution >= 0.6 is 23.2 Å². The summed E-state index contributed by atoms with van der Waals surface area (Å²) in [6.45, 7) is 1.16. The number of amides is 2. The molecule has 0 aliphatic heterocycles. The Labute approximate surface area is 256 Å². The van der Waals surface area contributed by atoms with Gasteiger partial charge in [0.1, 0.15) is 12.6 Å². The molecule has 10 heteroatoms.